The van der Waals surface area contributed by atoms with Crippen molar-refractivity contribution in [3.8, 4) is 0 Å². The number of aliphatic imine (C=N–C) groups is 1. The molecule has 2 fully saturated rings. The lowest BCUT2D eigenvalue weighted by molar-refractivity contribution is 0.0925. The third kappa shape index (κ3) is 7.04. The summed E-state index contributed by atoms with van der Waals surface area (Å²) in [5, 5.41) is 7.06. The van der Waals surface area contributed by atoms with Crippen LogP contribution < -0.4 is 10.6 Å². The lowest BCUT2D eigenvalue weighted by Crippen LogP contribution is -2.52. The lowest BCUT2D eigenvalue weighted by atomic mass is 10.0. The Morgan fingerprint density at radius 1 is 1.12 bits per heavy atom. The minimum absolute atomic E-state index is 0. The van der Waals surface area contributed by atoms with E-state index >= 15 is 0 Å². The lowest BCUT2D eigenvalue weighted by Gasteiger charge is -2.39. The number of halogens is 1. The first-order valence-corrected chi connectivity index (χ1v) is 9.57. The molecule has 2 rings (SSSR count). The topological polar surface area (TPSA) is 42.9 Å². The molecule has 0 aromatic carbocycles. The van der Waals surface area contributed by atoms with Gasteiger partial charge in [0.1, 0.15) is 0 Å². The molecule has 2 aliphatic rings. The highest BCUT2D eigenvalue weighted by Gasteiger charge is 2.25. The second-order valence-electron chi connectivity index (χ2n) is 7.50. The molecule has 24 heavy (non-hydrogen) atoms. The second-order valence-corrected chi connectivity index (χ2v) is 7.50. The first-order chi connectivity index (χ1) is 11.1. The molecule has 1 aliphatic heterocycles. The van der Waals surface area contributed by atoms with Gasteiger partial charge in [-0.1, -0.05) is 26.7 Å². The monoisotopic (exact) mass is 451 g/mol. The van der Waals surface area contributed by atoms with Gasteiger partial charge in [0, 0.05) is 44.8 Å². The third-order valence-electron chi connectivity index (χ3n) is 5.25. The highest BCUT2D eigenvalue weighted by molar-refractivity contribution is 14.0. The maximum absolute atomic E-state index is 4.93. The van der Waals surface area contributed by atoms with E-state index in [1.807, 2.05) is 0 Å². The predicted molar refractivity (Wildman–Crippen MR) is 114 cm³/mol. The number of rotatable bonds is 6. The molecule has 0 bridgehead atoms. The zero-order chi connectivity index (χ0) is 16.7. The summed E-state index contributed by atoms with van der Waals surface area (Å²) in [5.41, 5.74) is 0. The molecule has 2 N–H and O–H groups in total. The van der Waals surface area contributed by atoms with Crippen molar-refractivity contribution in [3.05, 3.63) is 0 Å². The van der Waals surface area contributed by atoms with Crippen molar-refractivity contribution >= 4 is 29.9 Å². The van der Waals surface area contributed by atoms with Gasteiger partial charge in [-0.25, -0.2) is 0 Å². The Labute approximate surface area is 166 Å². The molecule has 1 atom stereocenters. The Bertz CT molecular complexity index is 360. The summed E-state index contributed by atoms with van der Waals surface area (Å²) in [4.78, 5) is 9.98. The minimum atomic E-state index is 0. The fourth-order valence-electron chi connectivity index (χ4n) is 3.67. The summed E-state index contributed by atoms with van der Waals surface area (Å²) < 4.78 is 0. The number of hydrogen-bond donors (Lipinski definition) is 2. The summed E-state index contributed by atoms with van der Waals surface area (Å²) in [6.45, 7) is 13.3. The number of nitrogens with one attached hydrogen (secondary N) is 2. The van der Waals surface area contributed by atoms with Crippen LogP contribution in [0.3, 0.4) is 0 Å². The maximum Gasteiger partial charge on any atom is 0.191 e. The van der Waals surface area contributed by atoms with Crippen LogP contribution >= 0.6 is 24.0 Å². The number of guanidine groups is 1. The quantitative estimate of drug-likeness (QED) is 0.370. The van der Waals surface area contributed by atoms with Crippen LogP contribution in [-0.2, 0) is 0 Å². The van der Waals surface area contributed by atoms with Gasteiger partial charge < -0.3 is 15.5 Å². The van der Waals surface area contributed by atoms with Crippen LogP contribution in [0.15, 0.2) is 4.99 Å². The Morgan fingerprint density at radius 3 is 2.29 bits per heavy atom. The Kier molecular flexibility index (Phi) is 10.5. The first kappa shape index (κ1) is 22.0. The number of nitrogens with zero attached hydrogens (tertiary/aromatic N) is 3. The Hall–Kier alpha value is -0.0800. The van der Waals surface area contributed by atoms with Gasteiger partial charge in [-0.3, -0.25) is 9.89 Å². The molecule has 0 spiro atoms. The Morgan fingerprint density at radius 2 is 1.75 bits per heavy atom. The normalized spacial score (nSPS) is 22.5. The van der Waals surface area contributed by atoms with Crippen molar-refractivity contribution in [1.82, 2.24) is 20.4 Å². The fourth-order valence-corrected chi connectivity index (χ4v) is 3.67. The van der Waals surface area contributed by atoms with E-state index in [0.717, 1.165) is 19.0 Å². The van der Waals surface area contributed by atoms with Crippen LogP contribution in [0.2, 0.25) is 0 Å². The molecule has 1 aliphatic carbocycles. The third-order valence-corrected chi connectivity index (χ3v) is 5.25. The minimum Gasteiger partial charge on any atom is -0.357 e. The summed E-state index contributed by atoms with van der Waals surface area (Å²) in [6.07, 6.45) is 5.28. The van der Waals surface area contributed by atoms with Gasteiger partial charge in [0.15, 0.2) is 5.96 Å². The van der Waals surface area contributed by atoms with Crippen LogP contribution in [0.4, 0.5) is 0 Å². The van der Waals surface area contributed by atoms with Gasteiger partial charge in [-0.05, 0) is 32.7 Å². The van der Waals surface area contributed by atoms with Gasteiger partial charge in [0.05, 0.1) is 6.54 Å². The molecule has 5 nitrogen and oxygen atoms in total. The summed E-state index contributed by atoms with van der Waals surface area (Å²) in [5.74, 6) is 1.65. The zero-order valence-electron chi connectivity index (χ0n) is 16.1. The van der Waals surface area contributed by atoms with Crippen LogP contribution in [-0.4, -0.2) is 74.2 Å². The van der Waals surface area contributed by atoms with Crippen LogP contribution in [0.25, 0.3) is 0 Å². The van der Waals surface area contributed by atoms with Crippen LogP contribution in [0.1, 0.15) is 46.5 Å². The van der Waals surface area contributed by atoms with Gasteiger partial charge in [0.2, 0.25) is 0 Å². The molecule has 0 amide bonds. The van der Waals surface area contributed by atoms with E-state index in [1.54, 1.807) is 0 Å². The number of piperazine rings is 1. The van der Waals surface area contributed by atoms with Gasteiger partial charge in [-0.15, -0.1) is 24.0 Å². The van der Waals surface area contributed by atoms with Crippen molar-refractivity contribution < 1.29 is 0 Å². The molecule has 1 unspecified atom stereocenters. The molecule has 1 heterocycles. The van der Waals surface area contributed by atoms with E-state index in [-0.39, 0.29) is 24.0 Å². The standard InChI is InChI=1S/C18H37N5.HI/c1-5-19-18(21-16-8-6-7-9-16)20-14-17(15(2)3)23-12-10-22(4)11-13-23;/h15-17H,5-14H2,1-4H3,(H2,19,20,21);1H. The fraction of sp³-hybridized carbons (Fsp3) is 0.944. The largest absolute Gasteiger partial charge is 0.357 e. The molecule has 0 radical (unpaired) electrons. The maximum atomic E-state index is 4.93. The first-order valence-electron chi connectivity index (χ1n) is 9.57. The molecular weight excluding hydrogens is 413 g/mol. The second kappa shape index (κ2) is 11.5. The van der Waals surface area contributed by atoms with E-state index in [2.05, 4.69) is 48.3 Å². The molecule has 0 aromatic rings. The average molecular weight is 451 g/mol. The smallest absolute Gasteiger partial charge is 0.191 e. The van der Waals surface area contributed by atoms with Crippen molar-refractivity contribution in [3.63, 3.8) is 0 Å². The Balaban J connectivity index is 0.00000288. The van der Waals surface area contributed by atoms with Crippen LogP contribution in [0, 0.1) is 5.92 Å². The van der Waals surface area contributed by atoms with Crippen LogP contribution in [0.5, 0.6) is 0 Å². The SMILES string of the molecule is CCNC(=NCC(C(C)C)N1CCN(C)CC1)NC1CCCC1.I. The summed E-state index contributed by atoms with van der Waals surface area (Å²) in [6, 6.07) is 1.16. The van der Waals surface area contributed by atoms with Crippen molar-refractivity contribution in [2.45, 2.75) is 58.5 Å². The molecule has 1 saturated heterocycles. The van der Waals surface area contributed by atoms with E-state index in [1.165, 1.54) is 51.9 Å². The van der Waals surface area contributed by atoms with E-state index in [0.29, 0.717) is 18.0 Å². The van der Waals surface area contributed by atoms with E-state index in [4.69, 9.17) is 4.99 Å². The van der Waals surface area contributed by atoms with E-state index < -0.39 is 0 Å². The van der Waals surface area contributed by atoms with Crippen molar-refractivity contribution in [2.75, 3.05) is 46.3 Å². The van der Waals surface area contributed by atoms with Gasteiger partial charge >= 0.3 is 0 Å². The van der Waals surface area contributed by atoms with Crippen molar-refractivity contribution in [1.29, 1.82) is 0 Å². The number of likely N-dealkylation sites (N-methyl/N-ethyl adjacent to an activating group) is 1. The zero-order valence-corrected chi connectivity index (χ0v) is 18.4. The predicted octanol–water partition coefficient (Wildman–Crippen LogP) is 2.37. The van der Waals surface area contributed by atoms with Gasteiger partial charge in [-0.2, -0.15) is 0 Å². The van der Waals surface area contributed by atoms with Crippen molar-refractivity contribution in [2.24, 2.45) is 10.9 Å². The summed E-state index contributed by atoms with van der Waals surface area (Å²) in [7, 11) is 2.22. The summed E-state index contributed by atoms with van der Waals surface area (Å²) >= 11 is 0. The highest BCUT2D eigenvalue weighted by atomic mass is 127. The number of hydrogen-bond acceptors (Lipinski definition) is 3. The average Bonchev–Trinajstić information content (AvgIpc) is 3.02. The molecular formula is C18H38IN5. The molecule has 0 aromatic heterocycles. The molecule has 6 heteroatoms. The molecule has 1 saturated carbocycles. The highest BCUT2D eigenvalue weighted by Crippen LogP contribution is 2.18. The van der Waals surface area contributed by atoms with Gasteiger partial charge in [0.25, 0.3) is 0 Å². The molecule has 142 valence electrons. The van der Waals surface area contributed by atoms with E-state index in [9.17, 15) is 0 Å².